The van der Waals surface area contributed by atoms with Crippen molar-refractivity contribution in [2.75, 3.05) is 0 Å². The first kappa shape index (κ1) is 13.8. The van der Waals surface area contributed by atoms with Gasteiger partial charge in [-0.15, -0.1) is 5.10 Å². The van der Waals surface area contributed by atoms with Crippen LogP contribution in [0.2, 0.25) is 0 Å². The summed E-state index contributed by atoms with van der Waals surface area (Å²) in [5.41, 5.74) is 8.92. The number of benzene rings is 2. The standard InChI is InChI=1S/C17H20N4/c1-2-3-10-17-15(12-18)19-20-21(17)16-11-6-8-13-7-4-5-9-14(13)16/h4-9,11H,2-3,10,12,18H2,1H3. The highest BCUT2D eigenvalue weighted by atomic mass is 15.4. The number of fused-ring (bicyclic) bond motifs is 1. The summed E-state index contributed by atoms with van der Waals surface area (Å²) in [6, 6.07) is 14.6. The number of unbranched alkanes of at least 4 members (excludes halogenated alkanes) is 1. The Morgan fingerprint density at radius 2 is 1.90 bits per heavy atom. The zero-order valence-electron chi connectivity index (χ0n) is 12.3. The predicted octanol–water partition coefficient (Wildman–Crippen LogP) is 3.22. The summed E-state index contributed by atoms with van der Waals surface area (Å²) in [5.74, 6) is 0. The van der Waals surface area contributed by atoms with Crippen LogP contribution in [0, 0.1) is 0 Å². The minimum Gasteiger partial charge on any atom is -0.325 e. The highest BCUT2D eigenvalue weighted by Gasteiger charge is 2.14. The predicted molar refractivity (Wildman–Crippen MR) is 85.4 cm³/mol. The van der Waals surface area contributed by atoms with E-state index in [9.17, 15) is 0 Å². The van der Waals surface area contributed by atoms with Gasteiger partial charge in [-0.3, -0.25) is 0 Å². The molecule has 0 aliphatic heterocycles. The molecule has 0 fully saturated rings. The molecule has 0 saturated heterocycles. The number of hydrogen-bond acceptors (Lipinski definition) is 3. The molecule has 0 atom stereocenters. The Labute approximate surface area is 124 Å². The molecule has 0 unspecified atom stereocenters. The fraction of sp³-hybridized carbons (Fsp3) is 0.294. The monoisotopic (exact) mass is 280 g/mol. The molecule has 0 saturated carbocycles. The SMILES string of the molecule is CCCCc1c(CN)nnn1-c1cccc2ccccc12. The van der Waals surface area contributed by atoms with Gasteiger partial charge >= 0.3 is 0 Å². The van der Waals surface area contributed by atoms with Crippen LogP contribution in [-0.4, -0.2) is 15.0 Å². The molecule has 4 heteroatoms. The molecule has 4 nitrogen and oxygen atoms in total. The molecule has 0 aliphatic rings. The Morgan fingerprint density at radius 1 is 1.10 bits per heavy atom. The molecule has 1 heterocycles. The van der Waals surface area contributed by atoms with Crippen molar-refractivity contribution in [2.45, 2.75) is 32.7 Å². The maximum Gasteiger partial charge on any atom is 0.0999 e. The molecule has 3 rings (SSSR count). The van der Waals surface area contributed by atoms with E-state index in [4.69, 9.17) is 5.73 Å². The first-order valence-corrected chi connectivity index (χ1v) is 7.46. The third-order valence-electron chi connectivity index (χ3n) is 3.80. The average Bonchev–Trinajstić information content (AvgIpc) is 2.95. The van der Waals surface area contributed by atoms with Gasteiger partial charge in [0.05, 0.1) is 17.1 Å². The second kappa shape index (κ2) is 6.06. The van der Waals surface area contributed by atoms with Crippen LogP contribution in [0.15, 0.2) is 42.5 Å². The number of hydrogen-bond donors (Lipinski definition) is 1. The lowest BCUT2D eigenvalue weighted by molar-refractivity contribution is 0.716. The van der Waals surface area contributed by atoms with Gasteiger partial charge in [-0.05, 0) is 24.3 Å². The van der Waals surface area contributed by atoms with Crippen molar-refractivity contribution in [1.29, 1.82) is 0 Å². The molecule has 108 valence electrons. The van der Waals surface area contributed by atoms with Gasteiger partial charge in [0.2, 0.25) is 0 Å². The largest absolute Gasteiger partial charge is 0.325 e. The fourth-order valence-electron chi connectivity index (χ4n) is 2.67. The highest BCUT2D eigenvalue weighted by molar-refractivity contribution is 5.90. The molecule has 0 bridgehead atoms. The Kier molecular flexibility index (Phi) is 3.97. The summed E-state index contributed by atoms with van der Waals surface area (Å²) >= 11 is 0. The quantitative estimate of drug-likeness (QED) is 0.780. The Hall–Kier alpha value is -2.20. The molecule has 0 amide bonds. The van der Waals surface area contributed by atoms with Gasteiger partial charge in [-0.25, -0.2) is 4.68 Å². The fourth-order valence-corrected chi connectivity index (χ4v) is 2.67. The summed E-state index contributed by atoms with van der Waals surface area (Å²) in [6.45, 7) is 2.62. The zero-order valence-corrected chi connectivity index (χ0v) is 12.3. The van der Waals surface area contributed by atoms with Gasteiger partial charge in [0, 0.05) is 11.9 Å². The molecular formula is C17H20N4. The van der Waals surface area contributed by atoms with Crippen molar-refractivity contribution >= 4 is 10.8 Å². The van der Waals surface area contributed by atoms with E-state index in [1.165, 1.54) is 10.8 Å². The van der Waals surface area contributed by atoms with Crippen LogP contribution in [0.4, 0.5) is 0 Å². The Balaban J connectivity index is 2.16. The topological polar surface area (TPSA) is 56.7 Å². The van der Waals surface area contributed by atoms with Gasteiger partial charge in [0.15, 0.2) is 0 Å². The normalized spacial score (nSPS) is 11.1. The van der Waals surface area contributed by atoms with Crippen molar-refractivity contribution in [3.05, 3.63) is 53.9 Å². The third-order valence-corrected chi connectivity index (χ3v) is 3.80. The second-order valence-corrected chi connectivity index (χ2v) is 5.20. The summed E-state index contributed by atoms with van der Waals surface area (Å²) < 4.78 is 1.96. The van der Waals surface area contributed by atoms with Crippen molar-refractivity contribution < 1.29 is 0 Å². The average molecular weight is 280 g/mol. The molecule has 2 aromatic carbocycles. The highest BCUT2D eigenvalue weighted by Crippen LogP contribution is 2.24. The van der Waals surface area contributed by atoms with E-state index >= 15 is 0 Å². The van der Waals surface area contributed by atoms with Crippen LogP contribution in [0.5, 0.6) is 0 Å². The molecule has 3 aromatic rings. The van der Waals surface area contributed by atoms with Crippen LogP contribution in [0.25, 0.3) is 16.5 Å². The van der Waals surface area contributed by atoms with Gasteiger partial charge in [0.25, 0.3) is 0 Å². The Bertz CT molecular complexity index is 740. The molecule has 0 aliphatic carbocycles. The van der Waals surface area contributed by atoms with E-state index in [-0.39, 0.29) is 0 Å². The lowest BCUT2D eigenvalue weighted by Crippen LogP contribution is -2.06. The molecule has 0 radical (unpaired) electrons. The molecular weight excluding hydrogens is 260 g/mol. The molecule has 1 aromatic heterocycles. The summed E-state index contributed by atoms with van der Waals surface area (Å²) in [7, 11) is 0. The third kappa shape index (κ3) is 2.54. The molecule has 21 heavy (non-hydrogen) atoms. The van der Waals surface area contributed by atoms with E-state index < -0.39 is 0 Å². The summed E-state index contributed by atoms with van der Waals surface area (Å²) in [6.07, 6.45) is 3.22. The van der Waals surface area contributed by atoms with E-state index in [2.05, 4.69) is 59.7 Å². The van der Waals surface area contributed by atoms with Crippen molar-refractivity contribution in [3.63, 3.8) is 0 Å². The van der Waals surface area contributed by atoms with Crippen LogP contribution in [0.3, 0.4) is 0 Å². The Morgan fingerprint density at radius 3 is 2.71 bits per heavy atom. The number of aromatic nitrogens is 3. The minimum atomic E-state index is 0.434. The number of rotatable bonds is 5. The van der Waals surface area contributed by atoms with E-state index in [0.29, 0.717) is 6.54 Å². The smallest absolute Gasteiger partial charge is 0.0999 e. The van der Waals surface area contributed by atoms with Crippen LogP contribution >= 0.6 is 0 Å². The lowest BCUT2D eigenvalue weighted by Gasteiger charge is -2.10. The maximum atomic E-state index is 5.81. The molecule has 0 spiro atoms. The van der Waals surface area contributed by atoms with E-state index in [1.54, 1.807) is 0 Å². The summed E-state index contributed by atoms with van der Waals surface area (Å²) in [5, 5.41) is 11.0. The van der Waals surface area contributed by atoms with Gasteiger partial charge < -0.3 is 5.73 Å². The van der Waals surface area contributed by atoms with Gasteiger partial charge in [-0.1, -0.05) is 55.0 Å². The lowest BCUT2D eigenvalue weighted by atomic mass is 10.1. The first-order valence-electron chi connectivity index (χ1n) is 7.46. The first-order chi connectivity index (χ1) is 10.3. The van der Waals surface area contributed by atoms with Crippen molar-refractivity contribution in [3.8, 4) is 5.69 Å². The number of nitrogens with zero attached hydrogens (tertiary/aromatic N) is 3. The van der Waals surface area contributed by atoms with Gasteiger partial charge in [-0.2, -0.15) is 0 Å². The zero-order chi connectivity index (χ0) is 14.7. The van der Waals surface area contributed by atoms with Gasteiger partial charge in [0.1, 0.15) is 0 Å². The van der Waals surface area contributed by atoms with Crippen molar-refractivity contribution in [2.24, 2.45) is 5.73 Å². The molecule has 2 N–H and O–H groups in total. The van der Waals surface area contributed by atoms with Crippen LogP contribution in [-0.2, 0) is 13.0 Å². The van der Waals surface area contributed by atoms with E-state index in [0.717, 1.165) is 36.3 Å². The van der Waals surface area contributed by atoms with Crippen molar-refractivity contribution in [1.82, 2.24) is 15.0 Å². The second-order valence-electron chi connectivity index (χ2n) is 5.20. The summed E-state index contributed by atoms with van der Waals surface area (Å²) in [4.78, 5) is 0. The van der Waals surface area contributed by atoms with Crippen LogP contribution in [0.1, 0.15) is 31.2 Å². The maximum absolute atomic E-state index is 5.81. The minimum absolute atomic E-state index is 0.434. The van der Waals surface area contributed by atoms with E-state index in [1.807, 2.05) is 4.68 Å². The van der Waals surface area contributed by atoms with Crippen LogP contribution < -0.4 is 5.73 Å². The number of nitrogens with two attached hydrogens (primary N) is 1.